The van der Waals surface area contributed by atoms with Crippen LogP contribution in [0.1, 0.15) is 23.7 Å². The molecule has 4 rings (SSSR count). The second kappa shape index (κ2) is 7.88. The van der Waals surface area contributed by atoms with Crippen molar-refractivity contribution in [3.05, 3.63) is 75.7 Å². The van der Waals surface area contributed by atoms with Crippen LogP contribution in [0.5, 0.6) is 0 Å². The Morgan fingerprint density at radius 1 is 0.966 bits per heavy atom. The van der Waals surface area contributed by atoms with E-state index in [1.807, 2.05) is 19.1 Å². The summed E-state index contributed by atoms with van der Waals surface area (Å²) in [7, 11) is 0. The number of anilines is 1. The van der Waals surface area contributed by atoms with E-state index < -0.39 is 11.8 Å². The van der Waals surface area contributed by atoms with Crippen LogP contribution in [0, 0.1) is 23.7 Å². The van der Waals surface area contributed by atoms with Crippen LogP contribution in [0.2, 0.25) is 5.02 Å². The van der Waals surface area contributed by atoms with Crippen molar-refractivity contribution in [3.63, 3.8) is 0 Å². The third-order valence-electron chi connectivity index (χ3n) is 5.76. The number of hydrogen-bond donors (Lipinski definition) is 0. The molecule has 0 saturated carbocycles. The van der Waals surface area contributed by atoms with E-state index in [0.29, 0.717) is 16.3 Å². The predicted molar refractivity (Wildman–Crippen MR) is 116 cm³/mol. The number of carbonyl (C=O) groups excluding carboxylic acids is 3. The van der Waals surface area contributed by atoms with Gasteiger partial charge in [0.25, 0.3) is 0 Å². The van der Waals surface area contributed by atoms with E-state index in [9.17, 15) is 14.4 Å². The lowest BCUT2D eigenvalue weighted by Crippen LogP contribution is -2.33. The third kappa shape index (κ3) is 3.69. The van der Waals surface area contributed by atoms with Gasteiger partial charge in [0, 0.05) is 21.5 Å². The van der Waals surface area contributed by atoms with E-state index >= 15 is 0 Å². The normalized spacial score (nSPS) is 26.0. The summed E-state index contributed by atoms with van der Waals surface area (Å²) < 4.78 is 0.874. The minimum absolute atomic E-state index is 0.0567. The fraction of sp³-hybridized carbons (Fsp3) is 0.261. The summed E-state index contributed by atoms with van der Waals surface area (Å²) >= 11 is 9.28. The van der Waals surface area contributed by atoms with Crippen molar-refractivity contribution < 1.29 is 14.4 Å². The molecule has 0 radical (unpaired) electrons. The van der Waals surface area contributed by atoms with Crippen LogP contribution >= 0.6 is 27.5 Å². The summed E-state index contributed by atoms with van der Waals surface area (Å²) in [4.78, 5) is 40.5. The van der Waals surface area contributed by atoms with Crippen LogP contribution in [0.15, 0.2) is 65.2 Å². The first kappa shape index (κ1) is 20.0. The van der Waals surface area contributed by atoms with Crippen molar-refractivity contribution in [2.75, 3.05) is 4.90 Å². The molecule has 29 heavy (non-hydrogen) atoms. The highest BCUT2D eigenvalue weighted by Gasteiger charge is 2.54. The number of hydrogen-bond acceptors (Lipinski definition) is 3. The number of ketones is 1. The molecule has 0 N–H and O–H groups in total. The van der Waals surface area contributed by atoms with Crippen molar-refractivity contribution in [2.24, 2.45) is 23.7 Å². The van der Waals surface area contributed by atoms with E-state index in [2.05, 4.69) is 15.9 Å². The summed E-state index contributed by atoms with van der Waals surface area (Å²) in [5.74, 6) is -1.82. The minimum Gasteiger partial charge on any atom is -0.294 e. The molecule has 2 amide bonds. The van der Waals surface area contributed by atoms with Gasteiger partial charge in [0.15, 0.2) is 5.78 Å². The Morgan fingerprint density at radius 3 is 2.24 bits per heavy atom. The first-order chi connectivity index (χ1) is 13.9. The summed E-state index contributed by atoms with van der Waals surface area (Å²) in [6, 6.07) is 13.8. The van der Waals surface area contributed by atoms with Gasteiger partial charge in [-0.3, -0.25) is 19.3 Å². The predicted octanol–water partition coefficient (Wildman–Crippen LogP) is 5.30. The molecule has 1 fully saturated rings. The Morgan fingerprint density at radius 2 is 1.59 bits per heavy atom. The quantitative estimate of drug-likeness (QED) is 0.344. The van der Waals surface area contributed by atoms with E-state index in [1.54, 1.807) is 48.5 Å². The number of rotatable bonds is 4. The minimum atomic E-state index is -0.526. The molecule has 2 unspecified atom stereocenters. The molecule has 0 bridgehead atoms. The van der Waals surface area contributed by atoms with E-state index in [-0.39, 0.29) is 35.9 Å². The highest BCUT2D eigenvalue weighted by molar-refractivity contribution is 9.10. The monoisotopic (exact) mass is 471 g/mol. The number of nitrogens with zero attached hydrogens (tertiary/aromatic N) is 1. The van der Waals surface area contributed by atoms with Gasteiger partial charge in [-0.05, 0) is 60.4 Å². The van der Waals surface area contributed by atoms with Gasteiger partial charge in [0.1, 0.15) is 0 Å². The standard InChI is InChI=1S/C23H19BrClNO3/c1-13-2-3-15(12-19(27)14-4-8-17(25)9-5-14)21-20(13)22(28)26(23(21)29)18-10-6-16(24)7-11-18/h2-11,13,15,20-21H,12H2,1H3/t13-,15-,20?,21?/m1/s1. The van der Waals surface area contributed by atoms with Crippen LogP contribution in [-0.2, 0) is 9.59 Å². The highest BCUT2D eigenvalue weighted by Crippen LogP contribution is 2.44. The van der Waals surface area contributed by atoms with Crippen LogP contribution < -0.4 is 4.90 Å². The van der Waals surface area contributed by atoms with Gasteiger partial charge >= 0.3 is 0 Å². The first-order valence-electron chi connectivity index (χ1n) is 9.47. The maximum Gasteiger partial charge on any atom is 0.238 e. The Hall–Kier alpha value is -2.24. The molecule has 4 nitrogen and oxygen atoms in total. The van der Waals surface area contributed by atoms with Crippen LogP contribution in [0.3, 0.4) is 0 Å². The van der Waals surface area contributed by atoms with Gasteiger partial charge in [-0.1, -0.05) is 46.6 Å². The summed E-state index contributed by atoms with van der Waals surface area (Å²) in [5.41, 5.74) is 1.12. The smallest absolute Gasteiger partial charge is 0.238 e. The van der Waals surface area contributed by atoms with Crippen molar-refractivity contribution in [3.8, 4) is 0 Å². The second-order valence-electron chi connectivity index (χ2n) is 7.58. The molecule has 1 aliphatic heterocycles. The molecule has 2 aromatic carbocycles. The Labute approximate surface area is 182 Å². The van der Waals surface area contributed by atoms with Crippen molar-refractivity contribution >= 4 is 50.8 Å². The number of amides is 2. The van der Waals surface area contributed by atoms with E-state index in [1.165, 1.54) is 4.90 Å². The molecule has 148 valence electrons. The van der Waals surface area contributed by atoms with Crippen LogP contribution in [-0.4, -0.2) is 17.6 Å². The molecular weight excluding hydrogens is 454 g/mol. The number of allylic oxidation sites excluding steroid dienone is 2. The number of Topliss-reactive ketones (excluding diaryl/α,β-unsaturated/α-hetero) is 1. The lowest BCUT2D eigenvalue weighted by molar-refractivity contribution is -0.122. The molecule has 1 aliphatic carbocycles. The number of halogens is 2. The molecule has 1 heterocycles. The van der Waals surface area contributed by atoms with Gasteiger partial charge in [-0.2, -0.15) is 0 Å². The van der Waals surface area contributed by atoms with Crippen LogP contribution in [0.4, 0.5) is 5.69 Å². The third-order valence-corrected chi connectivity index (χ3v) is 6.54. The zero-order valence-corrected chi connectivity index (χ0v) is 18.1. The van der Waals surface area contributed by atoms with Gasteiger partial charge < -0.3 is 0 Å². The SMILES string of the molecule is C[C@@H]1C=C[C@H](CC(=O)c2ccc(Cl)cc2)C2C(=O)N(c3ccc(Br)cc3)C(=O)C21. The largest absolute Gasteiger partial charge is 0.294 e. The lowest BCUT2D eigenvalue weighted by Gasteiger charge is -2.29. The molecule has 2 aliphatic rings. The van der Waals surface area contributed by atoms with Gasteiger partial charge in [-0.25, -0.2) is 0 Å². The van der Waals surface area contributed by atoms with Crippen molar-refractivity contribution in [1.29, 1.82) is 0 Å². The maximum absolute atomic E-state index is 13.3. The molecule has 4 atom stereocenters. The number of benzene rings is 2. The maximum atomic E-state index is 13.3. The molecule has 0 spiro atoms. The Kier molecular flexibility index (Phi) is 5.45. The Bertz CT molecular complexity index is 1000. The number of fused-ring (bicyclic) bond motifs is 1. The van der Waals surface area contributed by atoms with Crippen molar-refractivity contribution in [2.45, 2.75) is 13.3 Å². The molecule has 0 aromatic heterocycles. The zero-order chi connectivity index (χ0) is 20.7. The summed E-state index contributed by atoms with van der Waals surface area (Å²) in [5, 5.41) is 0.565. The zero-order valence-electron chi connectivity index (χ0n) is 15.7. The fourth-order valence-corrected chi connectivity index (χ4v) is 4.67. The summed E-state index contributed by atoms with van der Waals surface area (Å²) in [6.07, 6.45) is 4.06. The molecule has 6 heteroatoms. The highest BCUT2D eigenvalue weighted by atomic mass is 79.9. The lowest BCUT2D eigenvalue weighted by atomic mass is 9.70. The molecular formula is C23H19BrClNO3. The van der Waals surface area contributed by atoms with E-state index in [4.69, 9.17) is 11.6 Å². The number of carbonyl (C=O) groups is 3. The van der Waals surface area contributed by atoms with Crippen molar-refractivity contribution in [1.82, 2.24) is 0 Å². The van der Waals surface area contributed by atoms with Crippen LogP contribution in [0.25, 0.3) is 0 Å². The summed E-state index contributed by atoms with van der Waals surface area (Å²) in [6.45, 7) is 1.95. The average Bonchev–Trinajstić information content (AvgIpc) is 2.97. The van der Waals surface area contributed by atoms with Gasteiger partial charge in [0.2, 0.25) is 11.8 Å². The van der Waals surface area contributed by atoms with E-state index in [0.717, 1.165) is 4.47 Å². The molecule has 2 aromatic rings. The second-order valence-corrected chi connectivity index (χ2v) is 8.93. The Balaban J connectivity index is 1.62. The molecule has 1 saturated heterocycles. The number of imide groups is 1. The van der Waals surface area contributed by atoms with Gasteiger partial charge in [-0.15, -0.1) is 0 Å². The first-order valence-corrected chi connectivity index (χ1v) is 10.6. The van der Waals surface area contributed by atoms with Gasteiger partial charge in [0.05, 0.1) is 17.5 Å². The topological polar surface area (TPSA) is 54.5 Å². The fourth-order valence-electron chi connectivity index (χ4n) is 4.28. The average molecular weight is 473 g/mol.